The van der Waals surface area contributed by atoms with Crippen LogP contribution < -0.4 is 5.32 Å². The number of nitrogens with one attached hydrogen (secondary N) is 1. The molecule has 0 radical (unpaired) electrons. The van der Waals surface area contributed by atoms with Crippen molar-refractivity contribution in [2.75, 3.05) is 6.54 Å². The zero-order valence-electron chi connectivity index (χ0n) is 9.89. The van der Waals surface area contributed by atoms with Crippen LogP contribution in [0, 0.1) is 11.6 Å². The Balaban J connectivity index is 2.47. The molecule has 1 unspecified atom stereocenters. The maximum atomic E-state index is 13.5. The summed E-state index contributed by atoms with van der Waals surface area (Å²) in [6.07, 6.45) is 0.831. The van der Waals surface area contributed by atoms with Crippen molar-refractivity contribution in [3.63, 3.8) is 0 Å². The van der Waals surface area contributed by atoms with Gasteiger partial charge >= 0.3 is 0 Å². The van der Waals surface area contributed by atoms with E-state index < -0.39 is 11.6 Å². The summed E-state index contributed by atoms with van der Waals surface area (Å²) in [5.74, 6) is -1.15. The Morgan fingerprint density at radius 1 is 1.29 bits per heavy atom. The highest BCUT2D eigenvalue weighted by molar-refractivity contribution is 5.78. The Morgan fingerprint density at radius 2 is 2.06 bits per heavy atom. The lowest BCUT2D eigenvalue weighted by Gasteiger charge is -2.11. The van der Waals surface area contributed by atoms with Crippen LogP contribution in [0.25, 0.3) is 11.0 Å². The molecular weight excluding hydrogens is 224 g/mol. The molecular formula is C13H15F2NO. The summed E-state index contributed by atoms with van der Waals surface area (Å²) < 4.78 is 31.9. The average Bonchev–Trinajstić information content (AvgIpc) is 2.75. The molecule has 0 spiro atoms. The van der Waals surface area contributed by atoms with Crippen LogP contribution in [-0.2, 0) is 0 Å². The summed E-state index contributed by atoms with van der Waals surface area (Å²) in [5.41, 5.74) is -0.00338. The van der Waals surface area contributed by atoms with Gasteiger partial charge in [0.25, 0.3) is 0 Å². The molecule has 0 saturated carbocycles. The van der Waals surface area contributed by atoms with E-state index in [0.717, 1.165) is 19.0 Å². The third-order valence-electron chi connectivity index (χ3n) is 2.80. The first-order valence-corrected chi connectivity index (χ1v) is 5.78. The smallest absolute Gasteiger partial charge is 0.201 e. The normalized spacial score (nSPS) is 13.2. The first-order chi connectivity index (χ1) is 8.17. The van der Waals surface area contributed by atoms with Gasteiger partial charge in [-0.05, 0) is 31.2 Å². The second kappa shape index (κ2) is 4.84. The number of rotatable bonds is 4. The highest BCUT2D eigenvalue weighted by atomic mass is 19.2. The number of hydrogen-bond donors (Lipinski definition) is 1. The Hall–Kier alpha value is -1.42. The van der Waals surface area contributed by atoms with Crippen molar-refractivity contribution in [1.29, 1.82) is 0 Å². The maximum absolute atomic E-state index is 13.5. The van der Waals surface area contributed by atoms with E-state index in [9.17, 15) is 8.78 Å². The minimum atomic E-state index is -0.917. The SMILES string of the molecule is CCNC(CC)c1cc2ccc(F)c(F)c2o1. The molecule has 4 heteroatoms. The minimum absolute atomic E-state index is 0.00338. The highest BCUT2D eigenvalue weighted by Gasteiger charge is 2.17. The van der Waals surface area contributed by atoms with Gasteiger partial charge in [0, 0.05) is 5.39 Å². The van der Waals surface area contributed by atoms with Crippen LogP contribution in [0.3, 0.4) is 0 Å². The van der Waals surface area contributed by atoms with Crippen molar-refractivity contribution in [3.8, 4) is 0 Å². The first kappa shape index (κ1) is 12.0. The first-order valence-electron chi connectivity index (χ1n) is 5.78. The van der Waals surface area contributed by atoms with Gasteiger partial charge < -0.3 is 9.73 Å². The molecule has 1 aromatic carbocycles. The molecule has 0 amide bonds. The number of furan rings is 1. The summed E-state index contributed by atoms with van der Waals surface area (Å²) in [6.45, 7) is 4.80. The fourth-order valence-electron chi connectivity index (χ4n) is 1.93. The van der Waals surface area contributed by atoms with Gasteiger partial charge in [0.1, 0.15) is 5.76 Å². The Kier molecular flexibility index (Phi) is 3.43. The van der Waals surface area contributed by atoms with Gasteiger partial charge in [-0.2, -0.15) is 4.39 Å². The summed E-state index contributed by atoms with van der Waals surface area (Å²) in [4.78, 5) is 0. The van der Waals surface area contributed by atoms with E-state index in [-0.39, 0.29) is 11.6 Å². The van der Waals surface area contributed by atoms with Gasteiger partial charge in [0.05, 0.1) is 6.04 Å². The molecule has 2 nitrogen and oxygen atoms in total. The van der Waals surface area contributed by atoms with Crippen molar-refractivity contribution in [3.05, 3.63) is 35.6 Å². The van der Waals surface area contributed by atoms with E-state index in [4.69, 9.17) is 4.42 Å². The third kappa shape index (κ3) is 2.17. The largest absolute Gasteiger partial charge is 0.456 e. The lowest BCUT2D eigenvalue weighted by molar-refractivity contribution is 0.416. The number of halogens is 2. The van der Waals surface area contributed by atoms with Gasteiger partial charge in [-0.1, -0.05) is 13.8 Å². The number of fused-ring (bicyclic) bond motifs is 1. The van der Waals surface area contributed by atoms with E-state index in [0.29, 0.717) is 11.1 Å². The molecule has 0 saturated heterocycles. The molecule has 2 aromatic rings. The molecule has 1 N–H and O–H groups in total. The molecule has 1 aromatic heterocycles. The second-order valence-corrected chi connectivity index (χ2v) is 3.95. The van der Waals surface area contributed by atoms with Crippen LogP contribution >= 0.6 is 0 Å². The molecule has 0 bridgehead atoms. The average molecular weight is 239 g/mol. The Bertz CT molecular complexity index is 521. The van der Waals surface area contributed by atoms with E-state index in [2.05, 4.69) is 5.32 Å². The molecule has 2 rings (SSSR count). The zero-order chi connectivity index (χ0) is 12.4. The van der Waals surface area contributed by atoms with Crippen LogP contribution in [-0.4, -0.2) is 6.54 Å². The van der Waals surface area contributed by atoms with Crippen molar-refractivity contribution < 1.29 is 13.2 Å². The van der Waals surface area contributed by atoms with Crippen molar-refractivity contribution in [2.24, 2.45) is 0 Å². The van der Waals surface area contributed by atoms with E-state index in [1.165, 1.54) is 6.07 Å². The standard InChI is InChI=1S/C13H15F2NO/c1-3-10(16-4-2)11-7-8-5-6-9(14)12(15)13(8)17-11/h5-7,10,16H,3-4H2,1-2H3. The van der Waals surface area contributed by atoms with Crippen molar-refractivity contribution in [2.45, 2.75) is 26.3 Å². The summed E-state index contributed by atoms with van der Waals surface area (Å²) >= 11 is 0. The summed E-state index contributed by atoms with van der Waals surface area (Å²) in [6, 6.07) is 4.44. The topological polar surface area (TPSA) is 25.2 Å². The zero-order valence-corrected chi connectivity index (χ0v) is 9.89. The Labute approximate surface area is 98.6 Å². The third-order valence-corrected chi connectivity index (χ3v) is 2.80. The van der Waals surface area contributed by atoms with Crippen molar-refractivity contribution in [1.82, 2.24) is 5.32 Å². The molecule has 0 fully saturated rings. The Morgan fingerprint density at radius 3 is 2.71 bits per heavy atom. The number of benzene rings is 1. The van der Waals surface area contributed by atoms with Crippen LogP contribution in [0.1, 0.15) is 32.1 Å². The monoisotopic (exact) mass is 239 g/mol. The van der Waals surface area contributed by atoms with E-state index in [1.807, 2.05) is 13.8 Å². The predicted molar refractivity (Wildman–Crippen MR) is 62.8 cm³/mol. The van der Waals surface area contributed by atoms with Gasteiger partial charge in [-0.25, -0.2) is 4.39 Å². The van der Waals surface area contributed by atoms with Crippen LogP contribution in [0.15, 0.2) is 22.6 Å². The summed E-state index contributed by atoms with van der Waals surface area (Å²) in [7, 11) is 0. The number of hydrogen-bond acceptors (Lipinski definition) is 2. The second-order valence-electron chi connectivity index (χ2n) is 3.95. The molecule has 1 atom stereocenters. The van der Waals surface area contributed by atoms with Crippen LogP contribution in [0.2, 0.25) is 0 Å². The fraction of sp³-hybridized carbons (Fsp3) is 0.385. The molecule has 0 aliphatic heterocycles. The molecule has 0 aliphatic carbocycles. The molecule has 92 valence electrons. The minimum Gasteiger partial charge on any atom is -0.456 e. The van der Waals surface area contributed by atoms with Gasteiger partial charge in [-0.3, -0.25) is 0 Å². The molecule has 1 heterocycles. The lowest BCUT2D eigenvalue weighted by Crippen LogP contribution is -2.19. The van der Waals surface area contributed by atoms with Gasteiger partial charge in [0.15, 0.2) is 11.4 Å². The molecule has 0 aliphatic rings. The molecule has 17 heavy (non-hydrogen) atoms. The van der Waals surface area contributed by atoms with Gasteiger partial charge in [-0.15, -0.1) is 0 Å². The van der Waals surface area contributed by atoms with E-state index >= 15 is 0 Å². The summed E-state index contributed by atoms with van der Waals surface area (Å²) in [5, 5.41) is 3.83. The maximum Gasteiger partial charge on any atom is 0.201 e. The predicted octanol–water partition coefficient (Wildman–Crippen LogP) is 3.77. The fourth-order valence-corrected chi connectivity index (χ4v) is 1.93. The van der Waals surface area contributed by atoms with Crippen LogP contribution in [0.5, 0.6) is 0 Å². The van der Waals surface area contributed by atoms with Gasteiger partial charge in [0.2, 0.25) is 5.82 Å². The van der Waals surface area contributed by atoms with Crippen molar-refractivity contribution >= 4 is 11.0 Å². The quantitative estimate of drug-likeness (QED) is 0.878. The van der Waals surface area contributed by atoms with E-state index in [1.54, 1.807) is 6.07 Å². The van der Waals surface area contributed by atoms with Crippen LogP contribution in [0.4, 0.5) is 8.78 Å². The highest BCUT2D eigenvalue weighted by Crippen LogP contribution is 2.28. The lowest BCUT2D eigenvalue weighted by atomic mass is 10.1.